The van der Waals surface area contributed by atoms with Gasteiger partial charge in [-0.15, -0.1) is 11.3 Å². The van der Waals surface area contributed by atoms with E-state index in [2.05, 4.69) is 4.98 Å². The second-order valence-electron chi connectivity index (χ2n) is 4.65. The van der Waals surface area contributed by atoms with Crippen molar-refractivity contribution >= 4 is 17.1 Å². The van der Waals surface area contributed by atoms with Gasteiger partial charge < -0.3 is 0 Å². The molecule has 0 radical (unpaired) electrons. The summed E-state index contributed by atoms with van der Waals surface area (Å²) >= 11 is 1.56. The summed E-state index contributed by atoms with van der Waals surface area (Å²) in [6.07, 6.45) is 1.98. The number of aromatic amines is 1. The number of aryl methyl sites for hydroxylation is 3. The first-order valence-electron chi connectivity index (χ1n) is 6.35. The lowest BCUT2D eigenvalue weighted by Crippen LogP contribution is -2.33. The molecule has 0 saturated heterocycles. The number of hydrogen-bond acceptors (Lipinski definition) is 4. The Kier molecular flexibility index (Phi) is 4.04. The highest BCUT2D eigenvalue weighted by atomic mass is 32.1. The van der Waals surface area contributed by atoms with Gasteiger partial charge in [-0.1, -0.05) is 6.92 Å². The van der Waals surface area contributed by atoms with E-state index in [9.17, 15) is 14.4 Å². The fraction of sp³-hybridized carbons (Fsp3) is 0.357. The number of nitrogens with zero attached hydrogens (tertiary/aromatic N) is 1. The molecule has 0 aliphatic heterocycles. The first-order chi connectivity index (χ1) is 9.42. The number of thiophene rings is 1. The molecule has 2 rings (SSSR count). The van der Waals surface area contributed by atoms with Crippen molar-refractivity contribution in [1.82, 2.24) is 9.55 Å². The molecular weight excluding hydrogens is 276 g/mol. The van der Waals surface area contributed by atoms with Crippen molar-refractivity contribution in [3.8, 4) is 0 Å². The van der Waals surface area contributed by atoms with Crippen LogP contribution in [-0.4, -0.2) is 15.3 Å². The van der Waals surface area contributed by atoms with E-state index in [1.165, 1.54) is 10.8 Å². The third kappa shape index (κ3) is 2.80. The number of Topliss-reactive ketones (excluding diaryl/α,β-unsaturated/α-hetero) is 1. The molecule has 0 unspecified atom stereocenters. The standard InChI is InChI=1S/C14H16N2O3S/c1-4-10-6-16(14(19)15-13(10)18)7-12(17)11-5-8(2)20-9(11)3/h5-6H,4,7H2,1-3H3,(H,15,18,19). The zero-order valence-electron chi connectivity index (χ0n) is 11.6. The van der Waals surface area contributed by atoms with Crippen LogP contribution >= 0.6 is 11.3 Å². The largest absolute Gasteiger partial charge is 0.328 e. The average Bonchev–Trinajstić information content (AvgIpc) is 2.71. The minimum absolute atomic E-state index is 0.0559. The first-order valence-corrected chi connectivity index (χ1v) is 7.17. The quantitative estimate of drug-likeness (QED) is 0.871. The van der Waals surface area contributed by atoms with Crippen LogP contribution in [-0.2, 0) is 13.0 Å². The molecule has 106 valence electrons. The van der Waals surface area contributed by atoms with Crippen LogP contribution in [0.2, 0.25) is 0 Å². The van der Waals surface area contributed by atoms with Gasteiger partial charge in [-0.2, -0.15) is 0 Å². The highest BCUT2D eigenvalue weighted by molar-refractivity contribution is 7.12. The van der Waals surface area contributed by atoms with Crippen LogP contribution in [0, 0.1) is 13.8 Å². The zero-order chi connectivity index (χ0) is 14.9. The van der Waals surface area contributed by atoms with E-state index in [1.807, 2.05) is 26.8 Å². The summed E-state index contributed by atoms with van der Waals surface area (Å²) in [6, 6.07) is 1.83. The van der Waals surface area contributed by atoms with Crippen molar-refractivity contribution in [2.75, 3.05) is 0 Å². The molecule has 6 heteroatoms. The number of aromatic nitrogens is 2. The van der Waals surface area contributed by atoms with Gasteiger partial charge in [-0.05, 0) is 26.3 Å². The molecule has 0 bridgehead atoms. The molecule has 0 spiro atoms. The summed E-state index contributed by atoms with van der Waals surface area (Å²) in [7, 11) is 0. The number of rotatable bonds is 4. The molecule has 0 amide bonds. The molecule has 0 saturated carbocycles. The molecule has 1 N–H and O–H groups in total. The Hall–Kier alpha value is -1.95. The van der Waals surface area contributed by atoms with Gasteiger partial charge in [0.2, 0.25) is 0 Å². The van der Waals surface area contributed by atoms with Crippen LogP contribution in [0.3, 0.4) is 0 Å². The van der Waals surface area contributed by atoms with E-state index < -0.39 is 5.69 Å². The lowest BCUT2D eigenvalue weighted by Gasteiger charge is -2.06. The van der Waals surface area contributed by atoms with Crippen molar-refractivity contribution in [3.05, 3.63) is 54.0 Å². The topological polar surface area (TPSA) is 71.9 Å². The number of carbonyl (C=O) groups is 1. The normalized spacial score (nSPS) is 10.8. The van der Waals surface area contributed by atoms with Crippen molar-refractivity contribution < 1.29 is 4.79 Å². The van der Waals surface area contributed by atoms with Gasteiger partial charge in [0, 0.05) is 27.1 Å². The van der Waals surface area contributed by atoms with E-state index in [0.717, 1.165) is 9.75 Å². The maximum absolute atomic E-state index is 12.2. The third-order valence-corrected chi connectivity index (χ3v) is 4.09. The van der Waals surface area contributed by atoms with Gasteiger partial charge >= 0.3 is 5.69 Å². The van der Waals surface area contributed by atoms with Gasteiger partial charge in [0.15, 0.2) is 5.78 Å². The zero-order valence-corrected chi connectivity index (χ0v) is 12.5. The lowest BCUT2D eigenvalue weighted by molar-refractivity contribution is 0.0970. The predicted molar refractivity (Wildman–Crippen MR) is 78.8 cm³/mol. The second-order valence-corrected chi connectivity index (χ2v) is 6.11. The Morgan fingerprint density at radius 1 is 1.35 bits per heavy atom. The Morgan fingerprint density at radius 3 is 2.60 bits per heavy atom. The lowest BCUT2D eigenvalue weighted by atomic mass is 10.1. The fourth-order valence-corrected chi connectivity index (χ4v) is 3.01. The summed E-state index contributed by atoms with van der Waals surface area (Å²) < 4.78 is 1.26. The molecule has 2 aromatic rings. The Labute approximate surface area is 119 Å². The Balaban J connectivity index is 2.35. The molecule has 0 fully saturated rings. The SMILES string of the molecule is CCc1cn(CC(=O)c2cc(C)sc2C)c(=O)[nH]c1=O. The first kappa shape index (κ1) is 14.5. The van der Waals surface area contributed by atoms with Crippen molar-refractivity contribution in [2.45, 2.75) is 33.7 Å². The van der Waals surface area contributed by atoms with Gasteiger partial charge in [-0.3, -0.25) is 19.1 Å². The Bertz CT molecular complexity index is 767. The maximum Gasteiger partial charge on any atom is 0.328 e. The molecule has 5 nitrogen and oxygen atoms in total. The summed E-state index contributed by atoms with van der Waals surface area (Å²) in [5.74, 6) is -0.122. The predicted octanol–water partition coefficient (Wildman–Crippen LogP) is 1.66. The van der Waals surface area contributed by atoms with Crippen LogP contribution in [0.1, 0.15) is 32.6 Å². The second kappa shape index (κ2) is 5.58. The van der Waals surface area contributed by atoms with E-state index >= 15 is 0 Å². The van der Waals surface area contributed by atoms with Crippen molar-refractivity contribution in [2.24, 2.45) is 0 Å². The summed E-state index contributed by atoms with van der Waals surface area (Å²) in [5, 5.41) is 0. The minimum Gasteiger partial charge on any atom is -0.293 e. The molecule has 0 aliphatic carbocycles. The molecular formula is C14H16N2O3S. The molecule has 20 heavy (non-hydrogen) atoms. The minimum atomic E-state index is -0.551. The number of nitrogens with one attached hydrogen (secondary N) is 1. The van der Waals surface area contributed by atoms with E-state index in [0.29, 0.717) is 17.5 Å². The number of H-pyrrole nitrogens is 1. The third-order valence-electron chi connectivity index (χ3n) is 3.12. The van der Waals surface area contributed by atoms with Crippen molar-refractivity contribution in [3.63, 3.8) is 0 Å². The monoisotopic (exact) mass is 292 g/mol. The smallest absolute Gasteiger partial charge is 0.293 e. The van der Waals surface area contributed by atoms with Gasteiger partial charge in [0.1, 0.15) is 0 Å². The molecule has 0 aliphatic rings. The van der Waals surface area contributed by atoms with Crippen LogP contribution in [0.4, 0.5) is 0 Å². The van der Waals surface area contributed by atoms with Gasteiger partial charge in [0.05, 0.1) is 6.54 Å². The van der Waals surface area contributed by atoms with Gasteiger partial charge in [0.25, 0.3) is 5.56 Å². The molecule has 2 aromatic heterocycles. The number of ketones is 1. The van der Waals surface area contributed by atoms with Crippen LogP contribution in [0.15, 0.2) is 21.9 Å². The summed E-state index contributed by atoms with van der Waals surface area (Å²) in [5.41, 5.74) is 0.202. The van der Waals surface area contributed by atoms with Crippen LogP contribution in [0.5, 0.6) is 0 Å². The van der Waals surface area contributed by atoms with Gasteiger partial charge in [-0.25, -0.2) is 4.79 Å². The molecule has 2 heterocycles. The molecule has 0 atom stereocenters. The van der Waals surface area contributed by atoms with E-state index in [4.69, 9.17) is 0 Å². The number of hydrogen-bond donors (Lipinski definition) is 1. The Morgan fingerprint density at radius 2 is 2.05 bits per heavy atom. The number of carbonyl (C=O) groups excluding carboxylic acids is 1. The van der Waals surface area contributed by atoms with Crippen molar-refractivity contribution in [1.29, 1.82) is 0 Å². The van der Waals surface area contributed by atoms with Crippen LogP contribution in [0.25, 0.3) is 0 Å². The average molecular weight is 292 g/mol. The summed E-state index contributed by atoms with van der Waals surface area (Å²) in [6.45, 7) is 5.60. The fourth-order valence-electron chi connectivity index (χ4n) is 2.07. The van der Waals surface area contributed by atoms with Crippen LogP contribution < -0.4 is 11.2 Å². The highest BCUT2D eigenvalue weighted by Gasteiger charge is 2.14. The highest BCUT2D eigenvalue weighted by Crippen LogP contribution is 2.21. The van der Waals surface area contributed by atoms with E-state index in [1.54, 1.807) is 11.3 Å². The van der Waals surface area contributed by atoms with E-state index in [-0.39, 0.29) is 17.9 Å². The maximum atomic E-state index is 12.2. The molecule has 0 aromatic carbocycles. The summed E-state index contributed by atoms with van der Waals surface area (Å²) in [4.78, 5) is 39.7.